The summed E-state index contributed by atoms with van der Waals surface area (Å²) in [5, 5.41) is 9.27. The van der Waals surface area contributed by atoms with Gasteiger partial charge in [0.25, 0.3) is 0 Å². The zero-order valence-corrected chi connectivity index (χ0v) is 16.6. The zero-order valence-electron chi connectivity index (χ0n) is 16.6. The molecule has 0 amide bonds. The van der Waals surface area contributed by atoms with Crippen molar-refractivity contribution in [1.29, 1.82) is 0 Å². The van der Waals surface area contributed by atoms with Crippen molar-refractivity contribution in [3.63, 3.8) is 0 Å². The van der Waals surface area contributed by atoms with Crippen LogP contribution in [0.1, 0.15) is 111 Å². The maximum absolute atomic E-state index is 11.3. The first-order valence-electron chi connectivity index (χ1n) is 10.5. The minimum Gasteiger partial charge on any atom is -0.481 e. The molecule has 0 aliphatic heterocycles. The Kier molecular flexibility index (Phi) is 16.5. The molecule has 0 spiro atoms. The van der Waals surface area contributed by atoms with Gasteiger partial charge < -0.3 is 5.11 Å². The quantitative estimate of drug-likeness (QED) is 0.222. The molecule has 0 saturated heterocycles. The van der Waals surface area contributed by atoms with E-state index in [1.807, 2.05) is 0 Å². The van der Waals surface area contributed by atoms with E-state index >= 15 is 0 Å². The molecule has 2 atom stereocenters. The van der Waals surface area contributed by atoms with E-state index in [2.05, 4.69) is 32.9 Å². The topological polar surface area (TPSA) is 37.3 Å². The average Bonchev–Trinajstić information content (AvgIpc) is 2.57. The molecule has 0 fully saturated rings. The smallest absolute Gasteiger partial charge is 0.306 e. The van der Waals surface area contributed by atoms with E-state index in [9.17, 15) is 9.90 Å². The van der Waals surface area contributed by atoms with E-state index in [1.54, 1.807) is 0 Å². The zero-order chi connectivity index (χ0) is 18.0. The van der Waals surface area contributed by atoms with E-state index in [0.29, 0.717) is 5.92 Å². The lowest BCUT2D eigenvalue weighted by Crippen LogP contribution is -2.21. The Morgan fingerprint density at radius 1 is 0.833 bits per heavy atom. The van der Waals surface area contributed by atoms with Gasteiger partial charge in [-0.3, -0.25) is 4.79 Å². The number of carbonyl (C=O) groups is 1. The first-order valence-corrected chi connectivity index (χ1v) is 10.5. The first-order chi connectivity index (χ1) is 11.6. The van der Waals surface area contributed by atoms with Gasteiger partial charge in [-0.05, 0) is 38.0 Å². The Balaban J connectivity index is 3.43. The van der Waals surface area contributed by atoms with Gasteiger partial charge >= 0.3 is 5.97 Å². The Labute approximate surface area is 151 Å². The number of hydrogen-bond acceptors (Lipinski definition) is 1. The molecule has 0 radical (unpaired) electrons. The van der Waals surface area contributed by atoms with Crippen LogP contribution in [-0.2, 0) is 4.79 Å². The van der Waals surface area contributed by atoms with Crippen molar-refractivity contribution in [3.8, 4) is 0 Å². The van der Waals surface area contributed by atoms with Crippen LogP contribution < -0.4 is 0 Å². The van der Waals surface area contributed by atoms with E-state index < -0.39 is 5.97 Å². The molecule has 0 aromatic carbocycles. The van der Waals surface area contributed by atoms with Crippen LogP contribution in [0.4, 0.5) is 0 Å². The molecule has 24 heavy (non-hydrogen) atoms. The second kappa shape index (κ2) is 17.0. The van der Waals surface area contributed by atoms with Gasteiger partial charge in [-0.2, -0.15) is 0 Å². The lowest BCUT2D eigenvalue weighted by molar-refractivity contribution is -0.143. The molecule has 1 N–H and O–H groups in total. The molecule has 142 valence electrons. The largest absolute Gasteiger partial charge is 0.481 e. The van der Waals surface area contributed by atoms with Crippen molar-refractivity contribution in [1.82, 2.24) is 0 Å². The Bertz CT molecular complexity index is 309. The molecule has 2 unspecified atom stereocenters. The summed E-state index contributed by atoms with van der Waals surface area (Å²) in [5.41, 5.74) is 0. The SMILES string of the molecule is CCCCCCCC/C=C\CCCCCCC(C(=O)O)C(C)CC. The van der Waals surface area contributed by atoms with Crippen molar-refractivity contribution in [2.45, 2.75) is 111 Å². The lowest BCUT2D eigenvalue weighted by Gasteiger charge is -2.18. The lowest BCUT2D eigenvalue weighted by atomic mass is 9.87. The third-order valence-electron chi connectivity index (χ3n) is 5.17. The molecule has 0 bridgehead atoms. The molecule has 2 heteroatoms. The summed E-state index contributed by atoms with van der Waals surface area (Å²) in [6.45, 7) is 6.41. The summed E-state index contributed by atoms with van der Waals surface area (Å²) >= 11 is 0. The first kappa shape index (κ1) is 23.2. The van der Waals surface area contributed by atoms with Gasteiger partial charge in [0.15, 0.2) is 0 Å². The highest BCUT2D eigenvalue weighted by atomic mass is 16.4. The third kappa shape index (κ3) is 13.6. The Hall–Kier alpha value is -0.790. The predicted molar refractivity (Wildman–Crippen MR) is 105 cm³/mol. The van der Waals surface area contributed by atoms with Crippen LogP contribution in [0, 0.1) is 11.8 Å². The van der Waals surface area contributed by atoms with Crippen molar-refractivity contribution >= 4 is 5.97 Å². The highest BCUT2D eigenvalue weighted by molar-refractivity contribution is 5.70. The van der Waals surface area contributed by atoms with Crippen LogP contribution >= 0.6 is 0 Å². The van der Waals surface area contributed by atoms with Crippen LogP contribution in [0.25, 0.3) is 0 Å². The van der Waals surface area contributed by atoms with Crippen molar-refractivity contribution < 1.29 is 9.90 Å². The number of carboxylic acids is 1. The molecule has 0 heterocycles. The fourth-order valence-electron chi connectivity index (χ4n) is 3.19. The molecular weight excluding hydrogens is 296 g/mol. The molecule has 0 aromatic heterocycles. The number of carboxylic acid groups (broad SMARTS) is 1. The summed E-state index contributed by atoms with van der Waals surface area (Å²) in [6.07, 6.45) is 21.9. The molecule has 0 rings (SSSR count). The van der Waals surface area contributed by atoms with Crippen LogP contribution in [0.2, 0.25) is 0 Å². The van der Waals surface area contributed by atoms with Gasteiger partial charge in [-0.25, -0.2) is 0 Å². The fraction of sp³-hybridized carbons (Fsp3) is 0.864. The van der Waals surface area contributed by atoms with E-state index in [4.69, 9.17) is 0 Å². The standard InChI is InChI=1S/C22H42O2/c1-4-6-7-8-9-10-11-12-13-14-15-16-17-18-19-21(22(23)24)20(3)5-2/h12-13,20-21H,4-11,14-19H2,1-3H3,(H,23,24)/b13-12-. The number of aliphatic carboxylic acids is 1. The molecule has 0 aliphatic rings. The Morgan fingerprint density at radius 2 is 1.33 bits per heavy atom. The highest BCUT2D eigenvalue weighted by Crippen LogP contribution is 2.22. The van der Waals surface area contributed by atoms with E-state index in [1.165, 1.54) is 70.6 Å². The summed E-state index contributed by atoms with van der Waals surface area (Å²) in [4.78, 5) is 11.3. The molecule has 2 nitrogen and oxygen atoms in total. The number of allylic oxidation sites excluding steroid dienone is 2. The Morgan fingerprint density at radius 3 is 1.83 bits per heavy atom. The number of unbranched alkanes of at least 4 members (excludes halogenated alkanes) is 10. The van der Waals surface area contributed by atoms with E-state index in [0.717, 1.165) is 19.3 Å². The van der Waals surface area contributed by atoms with E-state index in [-0.39, 0.29) is 5.92 Å². The normalized spacial score (nSPS) is 14.1. The van der Waals surface area contributed by atoms with Crippen molar-refractivity contribution in [3.05, 3.63) is 12.2 Å². The molecule has 0 saturated carbocycles. The number of rotatable bonds is 17. The third-order valence-corrected chi connectivity index (χ3v) is 5.17. The van der Waals surface area contributed by atoms with Gasteiger partial charge in [-0.15, -0.1) is 0 Å². The minimum absolute atomic E-state index is 0.146. The average molecular weight is 339 g/mol. The van der Waals surface area contributed by atoms with Gasteiger partial charge in [0.1, 0.15) is 0 Å². The second-order valence-corrected chi connectivity index (χ2v) is 7.35. The molecular formula is C22H42O2. The summed E-state index contributed by atoms with van der Waals surface area (Å²) in [7, 11) is 0. The van der Waals surface area contributed by atoms with Crippen molar-refractivity contribution in [2.24, 2.45) is 11.8 Å². The van der Waals surface area contributed by atoms with Gasteiger partial charge in [-0.1, -0.05) is 90.7 Å². The predicted octanol–water partition coefficient (Wildman–Crippen LogP) is 7.38. The fourth-order valence-corrected chi connectivity index (χ4v) is 3.19. The van der Waals surface area contributed by atoms with Crippen LogP contribution in [0.3, 0.4) is 0 Å². The van der Waals surface area contributed by atoms with Gasteiger partial charge in [0.2, 0.25) is 0 Å². The summed E-state index contributed by atoms with van der Waals surface area (Å²) in [5.74, 6) is -0.457. The summed E-state index contributed by atoms with van der Waals surface area (Å²) in [6, 6.07) is 0. The second-order valence-electron chi connectivity index (χ2n) is 7.35. The minimum atomic E-state index is -0.609. The molecule has 0 aromatic rings. The van der Waals surface area contributed by atoms with Crippen LogP contribution in [0.5, 0.6) is 0 Å². The van der Waals surface area contributed by atoms with Crippen molar-refractivity contribution in [2.75, 3.05) is 0 Å². The van der Waals surface area contributed by atoms with Gasteiger partial charge in [0.05, 0.1) is 5.92 Å². The molecule has 0 aliphatic carbocycles. The number of hydrogen-bond donors (Lipinski definition) is 1. The van der Waals surface area contributed by atoms with Crippen LogP contribution in [0.15, 0.2) is 12.2 Å². The summed E-state index contributed by atoms with van der Waals surface area (Å²) < 4.78 is 0. The highest BCUT2D eigenvalue weighted by Gasteiger charge is 2.22. The maximum Gasteiger partial charge on any atom is 0.306 e. The monoisotopic (exact) mass is 338 g/mol. The maximum atomic E-state index is 11.3. The van der Waals surface area contributed by atoms with Crippen LogP contribution in [-0.4, -0.2) is 11.1 Å². The van der Waals surface area contributed by atoms with Gasteiger partial charge in [0, 0.05) is 0 Å².